The minimum absolute atomic E-state index is 0.0463. The Morgan fingerprint density at radius 3 is 2.56 bits per heavy atom. The molecular formula is C35H34N3O5+. The fourth-order valence-corrected chi connectivity index (χ4v) is 5.97. The maximum absolute atomic E-state index is 13.9. The number of ketones is 2. The highest BCUT2D eigenvalue weighted by Gasteiger charge is 2.49. The van der Waals surface area contributed by atoms with Gasteiger partial charge in [-0.1, -0.05) is 57.2 Å². The first kappa shape index (κ1) is 27.2. The third-order valence-electron chi connectivity index (χ3n) is 8.30. The van der Waals surface area contributed by atoms with Crippen LogP contribution in [0, 0.1) is 5.92 Å². The normalized spacial score (nSPS) is 18.2. The van der Waals surface area contributed by atoms with Crippen molar-refractivity contribution in [3.63, 3.8) is 0 Å². The molecule has 0 amide bonds. The topological polar surface area (TPSA) is 99.9 Å². The first-order valence-corrected chi connectivity index (χ1v) is 14.7. The lowest BCUT2D eigenvalue weighted by atomic mass is 9.72. The van der Waals surface area contributed by atoms with Crippen LogP contribution >= 0.6 is 0 Å². The lowest BCUT2D eigenvalue weighted by molar-refractivity contribution is -0.361. The molecule has 7 rings (SSSR count). The zero-order valence-corrected chi connectivity index (χ0v) is 24.5. The van der Waals surface area contributed by atoms with E-state index in [2.05, 4.69) is 42.5 Å². The predicted molar refractivity (Wildman–Crippen MR) is 162 cm³/mol. The highest BCUT2D eigenvalue weighted by molar-refractivity contribution is 6.32. The molecule has 3 N–H and O–H groups in total. The molecule has 0 bridgehead atoms. The van der Waals surface area contributed by atoms with Gasteiger partial charge in [-0.05, 0) is 47.7 Å². The van der Waals surface area contributed by atoms with Crippen molar-refractivity contribution in [2.45, 2.75) is 39.2 Å². The number of ether oxygens (including phenoxy) is 3. The van der Waals surface area contributed by atoms with E-state index < -0.39 is 5.92 Å². The summed E-state index contributed by atoms with van der Waals surface area (Å²) >= 11 is 0. The Bertz CT molecular complexity index is 1760. The van der Waals surface area contributed by atoms with Crippen molar-refractivity contribution < 1.29 is 28.8 Å². The Hall–Kier alpha value is -4.69. The molecule has 43 heavy (non-hydrogen) atoms. The summed E-state index contributed by atoms with van der Waals surface area (Å²) < 4.78 is 17.3. The van der Waals surface area contributed by atoms with Gasteiger partial charge in [-0.15, -0.1) is 0 Å². The van der Waals surface area contributed by atoms with Crippen LogP contribution in [-0.2, 0) is 12.0 Å². The zero-order valence-electron chi connectivity index (χ0n) is 24.5. The van der Waals surface area contributed by atoms with E-state index in [9.17, 15) is 9.59 Å². The van der Waals surface area contributed by atoms with Crippen LogP contribution in [0.1, 0.15) is 59.0 Å². The number of rotatable bonds is 7. The van der Waals surface area contributed by atoms with Gasteiger partial charge >= 0.3 is 0 Å². The van der Waals surface area contributed by atoms with Gasteiger partial charge in [0, 0.05) is 47.6 Å². The molecule has 0 saturated carbocycles. The van der Waals surface area contributed by atoms with Gasteiger partial charge < -0.3 is 24.8 Å². The summed E-state index contributed by atoms with van der Waals surface area (Å²) in [5.41, 5.74) is 5.57. The van der Waals surface area contributed by atoms with Crippen LogP contribution in [0.25, 0.3) is 0 Å². The van der Waals surface area contributed by atoms with Crippen molar-refractivity contribution in [2.24, 2.45) is 5.92 Å². The average molecular weight is 577 g/mol. The molecule has 1 atom stereocenters. The van der Waals surface area contributed by atoms with Gasteiger partial charge in [0.05, 0.1) is 0 Å². The van der Waals surface area contributed by atoms with Crippen LogP contribution in [0.4, 0.5) is 5.69 Å². The van der Waals surface area contributed by atoms with E-state index in [0.717, 1.165) is 41.3 Å². The quantitative estimate of drug-likeness (QED) is 0.367. The molecule has 0 fully saturated rings. The maximum atomic E-state index is 13.9. The molecule has 3 aromatic rings. The minimum atomic E-state index is -0.774. The number of carbonyl (C=O) groups is 2. The average Bonchev–Trinajstić information content (AvgIpc) is 3.47. The van der Waals surface area contributed by atoms with Crippen molar-refractivity contribution in [2.75, 3.05) is 19.9 Å². The number of fused-ring (bicyclic) bond motifs is 6. The van der Waals surface area contributed by atoms with Crippen LogP contribution < -0.4 is 29.8 Å². The van der Waals surface area contributed by atoms with Crippen molar-refractivity contribution in [3.05, 3.63) is 106 Å². The van der Waals surface area contributed by atoms with Gasteiger partial charge in [-0.25, -0.2) is 4.99 Å². The van der Waals surface area contributed by atoms with Gasteiger partial charge in [0.1, 0.15) is 5.92 Å². The van der Waals surface area contributed by atoms with Crippen molar-refractivity contribution in [1.82, 2.24) is 10.6 Å². The minimum Gasteiger partial charge on any atom is -0.454 e. The largest absolute Gasteiger partial charge is 0.454 e. The molecule has 2 aliphatic heterocycles. The Balaban J connectivity index is 1.13. The molecule has 8 nitrogen and oxygen atoms in total. The molecule has 4 aliphatic rings. The Kier molecular flexibility index (Phi) is 6.66. The van der Waals surface area contributed by atoms with Crippen LogP contribution in [-0.4, -0.2) is 37.2 Å². The summed E-state index contributed by atoms with van der Waals surface area (Å²) in [5, 5.41) is 6.92. The third kappa shape index (κ3) is 4.91. The first-order valence-electron chi connectivity index (χ1n) is 14.7. The number of benzene rings is 3. The van der Waals surface area contributed by atoms with Crippen molar-refractivity contribution in [1.29, 1.82) is 0 Å². The van der Waals surface area contributed by atoms with E-state index in [1.165, 1.54) is 0 Å². The highest BCUT2D eigenvalue weighted by atomic mass is 16.7. The van der Waals surface area contributed by atoms with E-state index in [0.29, 0.717) is 52.7 Å². The highest BCUT2D eigenvalue weighted by Crippen LogP contribution is 2.39. The van der Waals surface area contributed by atoms with Gasteiger partial charge in [0.15, 0.2) is 34.6 Å². The molecule has 3 aromatic carbocycles. The summed E-state index contributed by atoms with van der Waals surface area (Å²) in [4.78, 5) is 31.2. The standard InChI is InChI=1S/C35H33N3O5/c1-35(2,3)21-10-11-24-27(16-21)43-29-17-25(37-14-6-13-36-18-20-9-12-26-28(15-20)42-19-41-26)30-31(32(29)38-24)34(40)23-8-5-4-7-22(23)33(30)39/h4-5,7-12,15-17,31,36-37H,6,13-14,18-19H2,1-3H3/p+1. The van der Waals surface area contributed by atoms with Crippen molar-refractivity contribution >= 4 is 23.0 Å². The molecule has 218 valence electrons. The Morgan fingerprint density at radius 1 is 0.907 bits per heavy atom. The number of nitrogens with one attached hydrogen (secondary N) is 3. The number of allylic oxidation sites excluding steroid dienone is 3. The second-order valence-electron chi connectivity index (χ2n) is 12.3. The van der Waals surface area contributed by atoms with Crippen LogP contribution in [0.15, 0.2) is 83.8 Å². The molecule has 1 unspecified atom stereocenters. The van der Waals surface area contributed by atoms with E-state index in [-0.39, 0.29) is 23.8 Å². The van der Waals surface area contributed by atoms with Gasteiger partial charge in [-0.3, -0.25) is 9.59 Å². The number of hydrogen-bond acceptors (Lipinski definition) is 7. The van der Waals surface area contributed by atoms with Gasteiger partial charge in [0.2, 0.25) is 18.2 Å². The van der Waals surface area contributed by atoms with Crippen LogP contribution in [0.3, 0.4) is 0 Å². The molecular weight excluding hydrogens is 542 g/mol. The third-order valence-corrected chi connectivity index (χ3v) is 8.30. The summed E-state index contributed by atoms with van der Waals surface area (Å²) in [6.45, 7) is 8.82. The summed E-state index contributed by atoms with van der Waals surface area (Å²) in [5.74, 6) is 1.78. The van der Waals surface area contributed by atoms with E-state index in [1.807, 2.05) is 36.4 Å². The summed E-state index contributed by atoms with van der Waals surface area (Å²) in [6.07, 6.45) is 2.67. The van der Waals surface area contributed by atoms with E-state index in [1.54, 1.807) is 24.3 Å². The molecule has 2 aliphatic carbocycles. The number of carbonyl (C=O) groups excluding carboxylic acids is 2. The second kappa shape index (κ2) is 10.5. The van der Waals surface area contributed by atoms with Crippen molar-refractivity contribution in [3.8, 4) is 17.2 Å². The van der Waals surface area contributed by atoms with Gasteiger partial charge in [0.25, 0.3) is 0 Å². The predicted octanol–water partition coefficient (Wildman–Crippen LogP) is 3.87. The first-order chi connectivity index (χ1) is 20.8. The Morgan fingerprint density at radius 2 is 1.72 bits per heavy atom. The monoisotopic (exact) mass is 576 g/mol. The molecule has 0 radical (unpaired) electrons. The maximum Gasteiger partial charge on any atom is 0.246 e. The lowest BCUT2D eigenvalue weighted by Gasteiger charge is -2.31. The smallest absolute Gasteiger partial charge is 0.246 e. The Labute approximate surface area is 250 Å². The summed E-state index contributed by atoms with van der Waals surface area (Å²) in [6, 6.07) is 19.1. The molecule has 0 spiro atoms. The molecule has 2 heterocycles. The molecule has 8 heteroatoms. The van der Waals surface area contributed by atoms with Crippen LogP contribution in [0.5, 0.6) is 17.2 Å². The fourth-order valence-electron chi connectivity index (χ4n) is 5.97. The van der Waals surface area contributed by atoms with E-state index >= 15 is 0 Å². The number of Topliss-reactive ketones (excluding diaryl/α,β-unsaturated/α-hetero) is 2. The molecule has 0 aromatic heterocycles. The SMILES string of the molecule is CC(C)(C)c1ccc2c(c1)OC1=CC(NCCCNCc3ccc4c(c3)OCO4)=C3C(=O)c4ccccc4C(=O)C3C1=[NH+]2. The second-order valence-corrected chi connectivity index (χ2v) is 12.3. The van der Waals surface area contributed by atoms with Crippen LogP contribution in [0.2, 0.25) is 0 Å². The number of hydrogen-bond donors (Lipinski definition) is 3. The fraction of sp³-hybridized carbons (Fsp3) is 0.286. The lowest BCUT2D eigenvalue weighted by Crippen LogP contribution is -2.72. The summed E-state index contributed by atoms with van der Waals surface area (Å²) in [7, 11) is 0. The molecule has 0 saturated heterocycles. The van der Waals surface area contributed by atoms with E-state index in [4.69, 9.17) is 14.2 Å². The van der Waals surface area contributed by atoms with Gasteiger partial charge in [-0.2, -0.15) is 0 Å². The zero-order chi connectivity index (χ0) is 29.7.